The fourth-order valence-corrected chi connectivity index (χ4v) is 1.40. The van der Waals surface area contributed by atoms with Gasteiger partial charge in [-0.15, -0.1) is 0 Å². The van der Waals surface area contributed by atoms with Gasteiger partial charge in [0.1, 0.15) is 5.75 Å². The highest BCUT2D eigenvalue weighted by atomic mass is 16.5. The predicted octanol–water partition coefficient (Wildman–Crippen LogP) is 0.515. The number of nitrogens with zero attached hydrogens (tertiary/aromatic N) is 1. The number of hydrogen-bond acceptors (Lipinski definition) is 5. The molecule has 0 bridgehead atoms. The fourth-order valence-electron chi connectivity index (χ4n) is 1.40. The van der Waals surface area contributed by atoms with Crippen LogP contribution in [0.4, 0.5) is 0 Å². The van der Waals surface area contributed by atoms with Gasteiger partial charge in [-0.3, -0.25) is 9.59 Å². The van der Waals surface area contributed by atoms with Crippen LogP contribution in [-0.2, 0) is 14.4 Å². The molecule has 0 aliphatic rings. The molecule has 8 heteroatoms. The van der Waals surface area contributed by atoms with Gasteiger partial charge in [0.2, 0.25) is 0 Å². The van der Waals surface area contributed by atoms with Gasteiger partial charge in [-0.05, 0) is 43.2 Å². The molecule has 1 aromatic carbocycles. The summed E-state index contributed by atoms with van der Waals surface area (Å²) in [6.07, 6.45) is 2.08. The predicted molar refractivity (Wildman–Crippen MR) is 83.2 cm³/mol. The standard InChI is InChI=1S/C15H19N3O5/c1-3-10(2)17-14(21)15(22)18-16-8-11-4-6-12(7-5-11)23-9-13(19)20/h4-8,10H,3,9H2,1-2H3,(H,17,21)(H,18,22)(H,19,20)/b16-8-/t10-/m1/s1. The summed E-state index contributed by atoms with van der Waals surface area (Å²) in [5.74, 6) is -2.24. The van der Waals surface area contributed by atoms with E-state index in [0.717, 1.165) is 6.42 Å². The molecule has 0 unspecified atom stereocenters. The van der Waals surface area contributed by atoms with Crippen molar-refractivity contribution in [2.24, 2.45) is 5.10 Å². The van der Waals surface area contributed by atoms with E-state index in [9.17, 15) is 14.4 Å². The Kier molecular flexibility index (Phi) is 7.25. The number of carbonyl (C=O) groups is 3. The molecule has 0 aliphatic carbocycles. The van der Waals surface area contributed by atoms with Gasteiger partial charge in [0.25, 0.3) is 0 Å². The summed E-state index contributed by atoms with van der Waals surface area (Å²) < 4.78 is 4.98. The Morgan fingerprint density at radius 1 is 1.26 bits per heavy atom. The van der Waals surface area contributed by atoms with Gasteiger partial charge in [0.15, 0.2) is 6.61 Å². The van der Waals surface area contributed by atoms with Gasteiger partial charge in [-0.2, -0.15) is 5.10 Å². The summed E-state index contributed by atoms with van der Waals surface area (Å²) in [7, 11) is 0. The maximum absolute atomic E-state index is 11.5. The Labute approximate surface area is 133 Å². The second kappa shape index (κ2) is 9.19. The van der Waals surface area contributed by atoms with Crippen molar-refractivity contribution in [2.45, 2.75) is 26.3 Å². The van der Waals surface area contributed by atoms with Crippen molar-refractivity contribution in [2.75, 3.05) is 6.61 Å². The average Bonchev–Trinajstić information content (AvgIpc) is 2.53. The van der Waals surface area contributed by atoms with E-state index in [2.05, 4.69) is 15.8 Å². The summed E-state index contributed by atoms with van der Waals surface area (Å²) >= 11 is 0. The van der Waals surface area contributed by atoms with Crippen LogP contribution in [0.25, 0.3) is 0 Å². The van der Waals surface area contributed by atoms with Crippen molar-refractivity contribution in [1.82, 2.24) is 10.7 Å². The van der Waals surface area contributed by atoms with Crippen LogP contribution < -0.4 is 15.5 Å². The van der Waals surface area contributed by atoms with Crippen molar-refractivity contribution in [1.29, 1.82) is 0 Å². The molecule has 0 heterocycles. The third kappa shape index (κ3) is 7.07. The Balaban J connectivity index is 2.46. The number of rotatable bonds is 7. The highest BCUT2D eigenvalue weighted by Crippen LogP contribution is 2.10. The molecule has 0 aromatic heterocycles. The third-order valence-corrected chi connectivity index (χ3v) is 2.82. The zero-order chi connectivity index (χ0) is 17.2. The van der Waals surface area contributed by atoms with Gasteiger partial charge in [0, 0.05) is 6.04 Å². The van der Waals surface area contributed by atoms with E-state index < -0.39 is 24.4 Å². The van der Waals surface area contributed by atoms with E-state index in [-0.39, 0.29) is 6.04 Å². The SMILES string of the molecule is CC[C@@H](C)NC(=O)C(=O)N/N=C\c1ccc(OCC(=O)O)cc1. The van der Waals surface area contributed by atoms with Crippen LogP contribution in [0.1, 0.15) is 25.8 Å². The summed E-state index contributed by atoms with van der Waals surface area (Å²) in [6.45, 7) is 3.27. The molecule has 1 rings (SSSR count). The van der Waals surface area contributed by atoms with Crippen LogP contribution in [0.2, 0.25) is 0 Å². The number of carbonyl (C=O) groups excluding carboxylic acids is 2. The maximum atomic E-state index is 11.5. The molecular weight excluding hydrogens is 302 g/mol. The second-order valence-electron chi connectivity index (χ2n) is 4.73. The number of hydrazone groups is 1. The molecule has 8 nitrogen and oxygen atoms in total. The van der Waals surface area contributed by atoms with E-state index in [1.807, 2.05) is 6.92 Å². The molecule has 0 radical (unpaired) electrons. The molecule has 0 aliphatic heterocycles. The molecule has 1 atom stereocenters. The van der Waals surface area contributed by atoms with Crippen LogP contribution in [0.3, 0.4) is 0 Å². The number of carboxylic acids is 1. The zero-order valence-corrected chi connectivity index (χ0v) is 12.9. The minimum Gasteiger partial charge on any atom is -0.482 e. The molecular formula is C15H19N3O5. The van der Waals surface area contributed by atoms with Crippen LogP contribution in [0, 0.1) is 0 Å². The molecule has 3 N–H and O–H groups in total. The summed E-state index contributed by atoms with van der Waals surface area (Å²) in [4.78, 5) is 33.3. The smallest absolute Gasteiger partial charge is 0.341 e. The number of aliphatic carboxylic acids is 1. The van der Waals surface area contributed by atoms with Crippen molar-refractivity contribution in [3.63, 3.8) is 0 Å². The quantitative estimate of drug-likeness (QED) is 0.384. The Bertz CT molecular complexity index is 583. The Hall–Kier alpha value is -2.90. The molecule has 2 amide bonds. The first-order valence-corrected chi connectivity index (χ1v) is 7.01. The van der Waals surface area contributed by atoms with Gasteiger partial charge < -0.3 is 15.2 Å². The number of benzene rings is 1. The molecule has 0 saturated carbocycles. The lowest BCUT2D eigenvalue weighted by Gasteiger charge is -2.09. The van der Waals surface area contributed by atoms with Crippen LogP contribution in [0.5, 0.6) is 5.75 Å². The molecule has 124 valence electrons. The zero-order valence-electron chi connectivity index (χ0n) is 12.9. The topological polar surface area (TPSA) is 117 Å². The number of ether oxygens (including phenoxy) is 1. The van der Waals surface area contributed by atoms with Crippen molar-refractivity contribution >= 4 is 24.0 Å². The first-order valence-electron chi connectivity index (χ1n) is 7.01. The molecule has 1 aromatic rings. The van der Waals surface area contributed by atoms with E-state index in [0.29, 0.717) is 11.3 Å². The lowest BCUT2D eigenvalue weighted by molar-refractivity contribution is -0.139. The first kappa shape index (κ1) is 18.1. The highest BCUT2D eigenvalue weighted by molar-refractivity contribution is 6.35. The average molecular weight is 321 g/mol. The van der Waals surface area contributed by atoms with E-state index in [1.165, 1.54) is 6.21 Å². The minimum atomic E-state index is -1.06. The van der Waals surface area contributed by atoms with Crippen molar-refractivity contribution in [3.8, 4) is 5.75 Å². The third-order valence-electron chi connectivity index (χ3n) is 2.82. The van der Waals surface area contributed by atoms with Gasteiger partial charge in [0.05, 0.1) is 6.21 Å². The van der Waals surface area contributed by atoms with E-state index >= 15 is 0 Å². The Morgan fingerprint density at radius 3 is 2.48 bits per heavy atom. The Morgan fingerprint density at radius 2 is 1.91 bits per heavy atom. The summed E-state index contributed by atoms with van der Waals surface area (Å²) in [6, 6.07) is 6.32. The van der Waals surface area contributed by atoms with Crippen LogP contribution in [-0.4, -0.2) is 41.8 Å². The van der Waals surface area contributed by atoms with Gasteiger partial charge in [-0.25, -0.2) is 10.2 Å². The molecule has 23 heavy (non-hydrogen) atoms. The van der Waals surface area contributed by atoms with E-state index in [4.69, 9.17) is 9.84 Å². The summed E-state index contributed by atoms with van der Waals surface area (Å²) in [5.41, 5.74) is 2.77. The largest absolute Gasteiger partial charge is 0.482 e. The molecule has 0 saturated heterocycles. The fraction of sp³-hybridized carbons (Fsp3) is 0.333. The van der Waals surface area contributed by atoms with Crippen molar-refractivity contribution in [3.05, 3.63) is 29.8 Å². The number of hydrogen-bond donors (Lipinski definition) is 3. The van der Waals surface area contributed by atoms with E-state index in [1.54, 1.807) is 31.2 Å². The first-order chi connectivity index (χ1) is 10.9. The van der Waals surface area contributed by atoms with Gasteiger partial charge in [-0.1, -0.05) is 6.92 Å². The monoisotopic (exact) mass is 321 g/mol. The second-order valence-corrected chi connectivity index (χ2v) is 4.73. The minimum absolute atomic E-state index is 0.0874. The summed E-state index contributed by atoms with van der Waals surface area (Å²) in [5, 5.41) is 14.7. The highest BCUT2D eigenvalue weighted by Gasteiger charge is 2.14. The normalized spacial score (nSPS) is 11.7. The van der Waals surface area contributed by atoms with Crippen LogP contribution >= 0.6 is 0 Å². The van der Waals surface area contributed by atoms with Gasteiger partial charge >= 0.3 is 17.8 Å². The maximum Gasteiger partial charge on any atom is 0.341 e. The number of nitrogens with one attached hydrogen (secondary N) is 2. The lowest BCUT2D eigenvalue weighted by atomic mass is 10.2. The molecule has 0 fully saturated rings. The van der Waals surface area contributed by atoms with Crippen molar-refractivity contribution < 1.29 is 24.2 Å². The lowest BCUT2D eigenvalue weighted by Crippen LogP contribution is -2.41. The number of amides is 2. The number of carboxylic acid groups (broad SMARTS) is 1. The molecule has 0 spiro atoms. The van der Waals surface area contributed by atoms with Crippen LogP contribution in [0.15, 0.2) is 29.4 Å².